The standard InChI is InChI=1S/C21H24N4/c1-12-9-13(2)20(15(4)14(12)3)25-16(5)24(6)21-18(11-23)17(10-22)7-8-19(21)25/h7-8,12,16H,9H2,1-6H3. The van der Waals surface area contributed by atoms with E-state index in [0.29, 0.717) is 17.0 Å². The third-order valence-corrected chi connectivity index (χ3v) is 5.88. The fraction of sp³-hybridized carbons (Fsp3) is 0.429. The van der Waals surface area contributed by atoms with Gasteiger partial charge in [-0.15, -0.1) is 0 Å². The Morgan fingerprint density at radius 2 is 1.76 bits per heavy atom. The highest BCUT2D eigenvalue weighted by Crippen LogP contribution is 2.47. The van der Waals surface area contributed by atoms with Crippen LogP contribution < -0.4 is 9.80 Å². The van der Waals surface area contributed by atoms with Crippen LogP contribution in [0.5, 0.6) is 0 Å². The van der Waals surface area contributed by atoms with Gasteiger partial charge in [0, 0.05) is 12.7 Å². The predicted octanol–water partition coefficient (Wildman–Crippen LogP) is 4.68. The third-order valence-electron chi connectivity index (χ3n) is 5.88. The van der Waals surface area contributed by atoms with E-state index in [1.165, 1.54) is 22.4 Å². The Morgan fingerprint density at radius 1 is 1.08 bits per heavy atom. The predicted molar refractivity (Wildman–Crippen MR) is 101 cm³/mol. The molecule has 0 fully saturated rings. The van der Waals surface area contributed by atoms with Crippen LogP contribution in [0.25, 0.3) is 0 Å². The molecule has 128 valence electrons. The van der Waals surface area contributed by atoms with Crippen LogP contribution in [0.1, 0.15) is 52.2 Å². The van der Waals surface area contributed by atoms with Crippen LogP contribution in [0.2, 0.25) is 0 Å². The van der Waals surface area contributed by atoms with Gasteiger partial charge in [0.05, 0.1) is 22.5 Å². The average Bonchev–Trinajstić information content (AvgIpc) is 2.84. The van der Waals surface area contributed by atoms with E-state index in [4.69, 9.17) is 0 Å². The number of nitriles is 2. The first-order chi connectivity index (χ1) is 11.8. The lowest BCUT2D eigenvalue weighted by Gasteiger charge is -2.36. The van der Waals surface area contributed by atoms with Gasteiger partial charge in [-0.05, 0) is 63.3 Å². The van der Waals surface area contributed by atoms with Crippen molar-refractivity contribution in [3.63, 3.8) is 0 Å². The summed E-state index contributed by atoms with van der Waals surface area (Å²) in [5.41, 5.74) is 8.19. The zero-order valence-corrected chi connectivity index (χ0v) is 15.8. The van der Waals surface area contributed by atoms with Crippen molar-refractivity contribution >= 4 is 11.4 Å². The normalized spacial score (nSPS) is 22.9. The number of anilines is 2. The van der Waals surface area contributed by atoms with E-state index >= 15 is 0 Å². The molecule has 1 aliphatic heterocycles. The molecule has 4 heteroatoms. The number of allylic oxidation sites excluding steroid dienone is 3. The molecule has 0 saturated heterocycles. The second-order valence-electron chi connectivity index (χ2n) is 7.23. The van der Waals surface area contributed by atoms with Crippen LogP contribution in [0.3, 0.4) is 0 Å². The molecule has 0 radical (unpaired) electrons. The molecule has 0 N–H and O–H groups in total. The lowest BCUT2D eigenvalue weighted by molar-refractivity contribution is 0.624. The van der Waals surface area contributed by atoms with Crippen molar-refractivity contribution in [3.05, 3.63) is 45.7 Å². The van der Waals surface area contributed by atoms with E-state index in [1.54, 1.807) is 6.07 Å². The molecule has 2 atom stereocenters. The maximum absolute atomic E-state index is 9.63. The van der Waals surface area contributed by atoms with Gasteiger partial charge in [-0.1, -0.05) is 12.5 Å². The average molecular weight is 332 g/mol. The minimum absolute atomic E-state index is 0.0946. The first-order valence-corrected chi connectivity index (χ1v) is 8.70. The Balaban J connectivity index is 2.25. The smallest absolute Gasteiger partial charge is 0.103 e. The van der Waals surface area contributed by atoms with E-state index in [2.05, 4.69) is 56.6 Å². The number of rotatable bonds is 1. The lowest BCUT2D eigenvalue weighted by atomic mass is 9.83. The minimum Gasteiger partial charge on any atom is -0.351 e. The van der Waals surface area contributed by atoms with Crippen LogP contribution in [0.4, 0.5) is 11.4 Å². The molecule has 1 aromatic carbocycles. The summed E-state index contributed by atoms with van der Waals surface area (Å²) in [7, 11) is 2.00. The molecule has 3 rings (SSSR count). The second kappa shape index (κ2) is 5.97. The summed E-state index contributed by atoms with van der Waals surface area (Å²) >= 11 is 0. The molecular formula is C21H24N4. The van der Waals surface area contributed by atoms with Crippen molar-refractivity contribution in [2.75, 3.05) is 16.8 Å². The van der Waals surface area contributed by atoms with Crippen molar-refractivity contribution in [2.24, 2.45) is 5.92 Å². The quantitative estimate of drug-likeness (QED) is 0.749. The molecule has 4 nitrogen and oxygen atoms in total. The molecular weight excluding hydrogens is 308 g/mol. The maximum Gasteiger partial charge on any atom is 0.103 e. The van der Waals surface area contributed by atoms with Crippen molar-refractivity contribution in [3.8, 4) is 12.1 Å². The number of hydrogen-bond donors (Lipinski definition) is 0. The molecule has 0 bridgehead atoms. The zero-order valence-electron chi connectivity index (χ0n) is 15.8. The molecule has 1 heterocycles. The number of benzene rings is 1. The summed E-state index contributed by atoms with van der Waals surface area (Å²) in [5.74, 6) is 0.564. The molecule has 0 amide bonds. The van der Waals surface area contributed by atoms with Gasteiger partial charge in [-0.3, -0.25) is 0 Å². The van der Waals surface area contributed by atoms with Crippen LogP contribution in [0.15, 0.2) is 34.5 Å². The van der Waals surface area contributed by atoms with E-state index < -0.39 is 0 Å². The summed E-state index contributed by atoms with van der Waals surface area (Å²) in [6.07, 6.45) is 1.15. The molecule has 0 saturated carbocycles. The molecule has 0 aromatic heterocycles. The highest BCUT2D eigenvalue weighted by atomic mass is 15.4. The van der Waals surface area contributed by atoms with E-state index in [9.17, 15) is 10.5 Å². The van der Waals surface area contributed by atoms with Gasteiger partial charge in [-0.25, -0.2) is 0 Å². The summed E-state index contributed by atoms with van der Waals surface area (Å²) in [4.78, 5) is 4.44. The Bertz CT molecular complexity index is 892. The van der Waals surface area contributed by atoms with Crippen molar-refractivity contribution in [1.82, 2.24) is 0 Å². The Hall–Kier alpha value is -2.72. The van der Waals surface area contributed by atoms with Gasteiger partial charge in [-0.2, -0.15) is 10.5 Å². The van der Waals surface area contributed by atoms with Crippen LogP contribution >= 0.6 is 0 Å². The Morgan fingerprint density at radius 3 is 2.36 bits per heavy atom. The van der Waals surface area contributed by atoms with Crippen LogP contribution in [-0.4, -0.2) is 13.2 Å². The summed E-state index contributed by atoms with van der Waals surface area (Å²) in [6, 6.07) is 8.14. The third kappa shape index (κ3) is 2.33. The van der Waals surface area contributed by atoms with Crippen molar-refractivity contribution < 1.29 is 0 Å². The molecule has 2 aliphatic rings. The molecule has 1 aromatic rings. The fourth-order valence-electron chi connectivity index (χ4n) is 4.18. The Labute approximate surface area is 150 Å². The first-order valence-electron chi connectivity index (χ1n) is 8.70. The van der Waals surface area contributed by atoms with Gasteiger partial charge in [0.25, 0.3) is 0 Å². The van der Waals surface area contributed by atoms with E-state index in [1.807, 2.05) is 13.1 Å². The van der Waals surface area contributed by atoms with Crippen molar-refractivity contribution in [1.29, 1.82) is 10.5 Å². The van der Waals surface area contributed by atoms with E-state index in [0.717, 1.165) is 17.8 Å². The van der Waals surface area contributed by atoms with Crippen molar-refractivity contribution in [2.45, 2.75) is 47.2 Å². The monoisotopic (exact) mass is 332 g/mol. The molecule has 1 aliphatic carbocycles. The van der Waals surface area contributed by atoms with Gasteiger partial charge in [0.1, 0.15) is 18.3 Å². The maximum atomic E-state index is 9.63. The second-order valence-corrected chi connectivity index (χ2v) is 7.23. The molecule has 2 unspecified atom stereocenters. The summed E-state index contributed by atoms with van der Waals surface area (Å²) < 4.78 is 0. The van der Waals surface area contributed by atoms with Gasteiger partial charge in [0.15, 0.2) is 0 Å². The van der Waals surface area contributed by atoms with Gasteiger partial charge in [0.2, 0.25) is 0 Å². The highest BCUT2D eigenvalue weighted by Gasteiger charge is 2.38. The minimum atomic E-state index is 0.0946. The summed E-state index contributed by atoms with van der Waals surface area (Å²) in [5, 5.41) is 19.0. The SMILES string of the molecule is CC1=C(N2c3ccc(C#N)c(C#N)c3N(C)C2C)C(C)=C(C)C(C)C1. The van der Waals surface area contributed by atoms with Gasteiger partial charge < -0.3 is 9.80 Å². The lowest BCUT2D eigenvalue weighted by Crippen LogP contribution is -2.39. The van der Waals surface area contributed by atoms with Crippen LogP contribution in [0, 0.1) is 28.6 Å². The first kappa shape index (κ1) is 17.1. The van der Waals surface area contributed by atoms with Gasteiger partial charge >= 0.3 is 0 Å². The number of hydrogen-bond acceptors (Lipinski definition) is 4. The largest absolute Gasteiger partial charge is 0.351 e. The Kier molecular flexibility index (Phi) is 4.09. The number of nitrogens with zero attached hydrogens (tertiary/aromatic N) is 4. The zero-order chi connectivity index (χ0) is 18.5. The fourth-order valence-corrected chi connectivity index (χ4v) is 4.18. The summed E-state index contributed by atoms with van der Waals surface area (Å²) in [6.45, 7) is 11.1. The topological polar surface area (TPSA) is 54.1 Å². The molecule has 25 heavy (non-hydrogen) atoms. The van der Waals surface area contributed by atoms with E-state index in [-0.39, 0.29) is 6.17 Å². The number of fused-ring (bicyclic) bond motifs is 1. The molecule has 0 spiro atoms. The van der Waals surface area contributed by atoms with Crippen LogP contribution in [-0.2, 0) is 0 Å². The highest BCUT2D eigenvalue weighted by molar-refractivity contribution is 5.87.